The molecule has 0 rings (SSSR count). The molecule has 0 saturated carbocycles. The van der Waals surface area contributed by atoms with Crippen molar-refractivity contribution in [2.24, 2.45) is 0 Å². The van der Waals surface area contributed by atoms with Crippen LogP contribution in [0.4, 0.5) is 0 Å². The topological polar surface area (TPSA) is 60.4 Å². The highest BCUT2D eigenvalue weighted by Crippen LogP contribution is 2.08. The number of carbonyl (C=O) groups excluding carboxylic acids is 1. The Hall–Kier alpha value is -0.420. The molecule has 0 atom stereocenters. The van der Waals surface area contributed by atoms with E-state index in [4.69, 9.17) is 0 Å². The number of rotatable bonds is 11. The Balaban J connectivity index is 3.07. The summed E-state index contributed by atoms with van der Waals surface area (Å²) in [6.45, 7) is 0.296. The van der Waals surface area contributed by atoms with Crippen LogP contribution in [0.25, 0.3) is 0 Å². The summed E-state index contributed by atoms with van der Waals surface area (Å²) in [6, 6.07) is 0. The minimum atomic E-state index is -3.26. The normalized spacial score (nSPS) is 11.6. The molecule has 0 aliphatic rings. The van der Waals surface area contributed by atoms with Gasteiger partial charge in [0, 0.05) is 6.42 Å². The number of hydrogen-bond acceptors (Lipinski definition) is 4. The van der Waals surface area contributed by atoms with Crippen LogP contribution in [-0.2, 0) is 19.1 Å². The monoisotopic (exact) mass is 250 g/mol. The fourth-order valence-corrected chi connectivity index (χ4v) is 1.84. The minimum absolute atomic E-state index is 0.296. The van der Waals surface area contributed by atoms with E-state index in [9.17, 15) is 13.2 Å². The van der Waals surface area contributed by atoms with Crippen molar-refractivity contribution in [3.8, 4) is 0 Å². The van der Waals surface area contributed by atoms with Crippen molar-refractivity contribution in [3.05, 3.63) is 0 Å². The summed E-state index contributed by atoms with van der Waals surface area (Å²) >= 11 is 0. The van der Waals surface area contributed by atoms with Crippen molar-refractivity contribution in [1.29, 1.82) is 0 Å². The van der Waals surface area contributed by atoms with Gasteiger partial charge in [-0.25, -0.2) is 0 Å². The third-order valence-electron chi connectivity index (χ3n) is 2.26. The summed E-state index contributed by atoms with van der Waals surface area (Å²) in [6.07, 6.45) is 10.0. The van der Waals surface area contributed by atoms with Crippen LogP contribution < -0.4 is 0 Å². The van der Waals surface area contributed by atoms with Gasteiger partial charge in [0.15, 0.2) is 0 Å². The second kappa shape index (κ2) is 9.78. The van der Waals surface area contributed by atoms with Gasteiger partial charge in [-0.2, -0.15) is 8.42 Å². The summed E-state index contributed by atoms with van der Waals surface area (Å²) in [7, 11) is -3.26. The van der Waals surface area contributed by atoms with E-state index in [0.29, 0.717) is 13.0 Å². The first-order valence-corrected chi connectivity index (χ1v) is 7.66. The molecule has 0 amide bonds. The van der Waals surface area contributed by atoms with E-state index in [1.807, 2.05) is 0 Å². The second-order valence-electron chi connectivity index (χ2n) is 3.96. The minimum Gasteiger partial charge on any atom is -0.303 e. The van der Waals surface area contributed by atoms with Crippen LogP contribution in [0.3, 0.4) is 0 Å². The molecule has 0 fully saturated rings. The second-order valence-corrected chi connectivity index (χ2v) is 5.60. The van der Waals surface area contributed by atoms with Gasteiger partial charge in [-0.05, 0) is 12.8 Å². The summed E-state index contributed by atoms with van der Waals surface area (Å²) < 4.78 is 25.9. The van der Waals surface area contributed by atoms with E-state index in [-0.39, 0.29) is 0 Å². The molecule has 4 nitrogen and oxygen atoms in total. The molecule has 16 heavy (non-hydrogen) atoms. The van der Waals surface area contributed by atoms with E-state index in [1.54, 1.807) is 0 Å². The van der Waals surface area contributed by atoms with Crippen LogP contribution in [0, 0.1) is 0 Å². The first-order chi connectivity index (χ1) is 7.56. The molecule has 96 valence electrons. The third kappa shape index (κ3) is 13.6. The lowest BCUT2D eigenvalue weighted by Gasteiger charge is -2.01. The molecule has 0 spiro atoms. The average molecular weight is 250 g/mol. The van der Waals surface area contributed by atoms with Crippen molar-refractivity contribution >= 4 is 16.4 Å². The highest BCUT2D eigenvalue weighted by Gasteiger charge is 2.00. The molecule has 0 aromatic heterocycles. The zero-order chi connectivity index (χ0) is 12.3. The summed E-state index contributed by atoms with van der Waals surface area (Å²) in [4.78, 5) is 10.0. The molecule has 0 bridgehead atoms. The molecule has 5 heteroatoms. The van der Waals surface area contributed by atoms with Crippen LogP contribution in [0.1, 0.15) is 51.4 Å². The fourth-order valence-electron chi connectivity index (χ4n) is 1.42. The Morgan fingerprint density at radius 2 is 1.44 bits per heavy atom. The Morgan fingerprint density at radius 3 is 1.94 bits per heavy atom. The predicted octanol–water partition coefficient (Wildman–Crippen LogP) is 2.28. The number of carbonyl (C=O) groups is 1. The van der Waals surface area contributed by atoms with Gasteiger partial charge in [-0.3, -0.25) is 4.18 Å². The van der Waals surface area contributed by atoms with Gasteiger partial charge in [-0.1, -0.05) is 32.1 Å². The maximum absolute atomic E-state index is 10.6. The van der Waals surface area contributed by atoms with Crippen LogP contribution in [0.2, 0.25) is 0 Å². The van der Waals surface area contributed by atoms with Crippen molar-refractivity contribution in [2.75, 3.05) is 12.9 Å². The zero-order valence-electron chi connectivity index (χ0n) is 9.98. The van der Waals surface area contributed by atoms with Gasteiger partial charge in [-0.15, -0.1) is 0 Å². The Kier molecular flexibility index (Phi) is 9.52. The van der Waals surface area contributed by atoms with Gasteiger partial charge >= 0.3 is 0 Å². The highest BCUT2D eigenvalue weighted by molar-refractivity contribution is 7.85. The van der Waals surface area contributed by atoms with E-state index < -0.39 is 10.1 Å². The lowest BCUT2D eigenvalue weighted by molar-refractivity contribution is -0.107. The van der Waals surface area contributed by atoms with E-state index in [0.717, 1.165) is 57.5 Å². The zero-order valence-corrected chi connectivity index (χ0v) is 10.8. The first kappa shape index (κ1) is 15.6. The maximum Gasteiger partial charge on any atom is 0.264 e. The van der Waals surface area contributed by atoms with E-state index in [1.165, 1.54) is 0 Å². The molecule has 0 N–H and O–H groups in total. The number of hydrogen-bond donors (Lipinski definition) is 0. The van der Waals surface area contributed by atoms with Crippen LogP contribution in [0.5, 0.6) is 0 Å². The van der Waals surface area contributed by atoms with Crippen LogP contribution in [-0.4, -0.2) is 27.6 Å². The van der Waals surface area contributed by atoms with Crippen molar-refractivity contribution in [1.82, 2.24) is 0 Å². The number of aldehydes is 1. The standard InChI is InChI=1S/C11H22O4S/c1-16(13,14)15-11-9-7-5-3-2-4-6-8-10-12/h10H,2-9,11H2,1H3. The van der Waals surface area contributed by atoms with Crippen LogP contribution in [0.15, 0.2) is 0 Å². The summed E-state index contributed by atoms with van der Waals surface area (Å²) in [5, 5.41) is 0. The van der Waals surface area contributed by atoms with E-state index >= 15 is 0 Å². The van der Waals surface area contributed by atoms with Gasteiger partial charge in [0.2, 0.25) is 0 Å². The van der Waals surface area contributed by atoms with Crippen molar-refractivity contribution in [3.63, 3.8) is 0 Å². The Bertz CT molecular complexity index is 259. The molecule has 0 radical (unpaired) electrons. The molecule has 0 aromatic carbocycles. The van der Waals surface area contributed by atoms with Gasteiger partial charge in [0.25, 0.3) is 10.1 Å². The fraction of sp³-hybridized carbons (Fsp3) is 0.909. The largest absolute Gasteiger partial charge is 0.303 e. The molecule has 0 aromatic rings. The van der Waals surface area contributed by atoms with Gasteiger partial charge in [0.05, 0.1) is 12.9 Å². The third-order valence-corrected chi connectivity index (χ3v) is 2.86. The molecule has 0 aliphatic heterocycles. The predicted molar refractivity (Wildman–Crippen MR) is 63.8 cm³/mol. The molecular formula is C11H22O4S. The quantitative estimate of drug-likeness (QED) is 0.321. The lowest BCUT2D eigenvalue weighted by atomic mass is 10.1. The van der Waals surface area contributed by atoms with Gasteiger partial charge in [0.1, 0.15) is 6.29 Å². The van der Waals surface area contributed by atoms with Crippen LogP contribution >= 0.6 is 0 Å². The van der Waals surface area contributed by atoms with Crippen molar-refractivity contribution in [2.45, 2.75) is 51.4 Å². The smallest absolute Gasteiger partial charge is 0.264 e. The lowest BCUT2D eigenvalue weighted by Crippen LogP contribution is -2.03. The van der Waals surface area contributed by atoms with Gasteiger partial charge < -0.3 is 4.79 Å². The van der Waals surface area contributed by atoms with E-state index in [2.05, 4.69) is 4.18 Å². The summed E-state index contributed by atoms with van der Waals surface area (Å²) in [5.74, 6) is 0. The molecule has 0 heterocycles. The number of unbranched alkanes of at least 4 members (excludes halogenated alkanes) is 7. The Morgan fingerprint density at radius 1 is 0.938 bits per heavy atom. The molecule has 0 aliphatic carbocycles. The maximum atomic E-state index is 10.6. The van der Waals surface area contributed by atoms with Crippen molar-refractivity contribution < 1.29 is 17.4 Å². The SMILES string of the molecule is CS(=O)(=O)OCCCCCCCCCC=O. The molecule has 0 saturated heterocycles. The molecule has 0 unspecified atom stereocenters. The first-order valence-electron chi connectivity index (χ1n) is 5.84. The molecular weight excluding hydrogens is 228 g/mol. The highest BCUT2D eigenvalue weighted by atomic mass is 32.2. The average Bonchev–Trinajstić information content (AvgIpc) is 2.19. The summed E-state index contributed by atoms with van der Waals surface area (Å²) in [5.41, 5.74) is 0. The Labute approximate surface area is 98.5 Å².